The molecule has 0 aliphatic heterocycles. The Kier molecular flexibility index (Phi) is 4.34. The maximum absolute atomic E-state index is 11.8. The number of hydrogen-bond acceptors (Lipinski definition) is 2. The van der Waals surface area contributed by atoms with Gasteiger partial charge in [0, 0.05) is 11.5 Å². The second-order valence-electron chi connectivity index (χ2n) is 4.64. The first-order valence-corrected chi connectivity index (χ1v) is 6.42. The van der Waals surface area contributed by atoms with Crippen molar-refractivity contribution in [3.05, 3.63) is 35.9 Å². The molecule has 0 bridgehead atoms. The highest BCUT2D eigenvalue weighted by Gasteiger charge is 2.21. The summed E-state index contributed by atoms with van der Waals surface area (Å²) in [5, 5.41) is 0. The minimum absolute atomic E-state index is 0.0508. The summed E-state index contributed by atoms with van der Waals surface area (Å²) in [6.07, 6.45) is 5.26. The Morgan fingerprint density at radius 1 is 0.944 bits per heavy atom. The smallest absolute Gasteiger partial charge is 0.269 e. The molecule has 2 rings (SSSR count). The lowest BCUT2D eigenvalue weighted by Gasteiger charge is -2.20. The minimum Gasteiger partial charge on any atom is -0.273 e. The molecule has 1 aliphatic carbocycles. The maximum Gasteiger partial charge on any atom is 0.269 e. The van der Waals surface area contributed by atoms with E-state index in [4.69, 9.17) is 0 Å². The average molecular weight is 246 g/mol. The molecular weight excluding hydrogens is 228 g/mol. The van der Waals surface area contributed by atoms with Crippen LogP contribution in [0.15, 0.2) is 30.3 Å². The second-order valence-corrected chi connectivity index (χ2v) is 4.64. The van der Waals surface area contributed by atoms with Crippen LogP contribution in [0.1, 0.15) is 42.5 Å². The first-order chi connectivity index (χ1) is 8.77. The van der Waals surface area contributed by atoms with Crippen molar-refractivity contribution >= 4 is 11.8 Å². The van der Waals surface area contributed by atoms with E-state index in [1.165, 1.54) is 6.42 Å². The van der Waals surface area contributed by atoms with Crippen LogP contribution in [0.4, 0.5) is 0 Å². The molecule has 96 valence electrons. The van der Waals surface area contributed by atoms with Gasteiger partial charge in [-0.3, -0.25) is 20.4 Å². The van der Waals surface area contributed by atoms with E-state index in [-0.39, 0.29) is 17.7 Å². The first kappa shape index (κ1) is 12.6. The molecule has 0 spiro atoms. The SMILES string of the molecule is O=C(NNC(=O)C1CCCCC1)c1ccccc1. The molecule has 0 heterocycles. The van der Waals surface area contributed by atoms with Crippen LogP contribution in [0.25, 0.3) is 0 Å². The summed E-state index contributed by atoms with van der Waals surface area (Å²) in [5.74, 6) is -0.298. The summed E-state index contributed by atoms with van der Waals surface area (Å²) in [7, 11) is 0. The zero-order valence-corrected chi connectivity index (χ0v) is 10.3. The number of carbonyl (C=O) groups excluding carboxylic acids is 2. The van der Waals surface area contributed by atoms with Crippen LogP contribution >= 0.6 is 0 Å². The number of hydrogen-bond donors (Lipinski definition) is 2. The molecule has 2 N–H and O–H groups in total. The number of benzene rings is 1. The Hall–Kier alpha value is -1.84. The number of nitrogens with one attached hydrogen (secondary N) is 2. The zero-order valence-electron chi connectivity index (χ0n) is 10.3. The van der Waals surface area contributed by atoms with Crippen LogP contribution < -0.4 is 10.9 Å². The summed E-state index contributed by atoms with van der Waals surface area (Å²) >= 11 is 0. The van der Waals surface area contributed by atoms with Crippen LogP contribution in [0.2, 0.25) is 0 Å². The molecule has 1 fully saturated rings. The molecule has 1 aliphatic rings. The topological polar surface area (TPSA) is 58.2 Å². The predicted octanol–water partition coefficient (Wildman–Crippen LogP) is 2.03. The van der Waals surface area contributed by atoms with Gasteiger partial charge in [0.25, 0.3) is 5.91 Å². The molecule has 0 unspecified atom stereocenters. The van der Waals surface area contributed by atoms with Gasteiger partial charge in [0.05, 0.1) is 0 Å². The summed E-state index contributed by atoms with van der Waals surface area (Å²) in [5.41, 5.74) is 5.51. The average Bonchev–Trinajstić information content (AvgIpc) is 2.46. The summed E-state index contributed by atoms with van der Waals surface area (Å²) in [6, 6.07) is 8.84. The number of carbonyl (C=O) groups is 2. The second kappa shape index (κ2) is 6.19. The van der Waals surface area contributed by atoms with Gasteiger partial charge in [0.1, 0.15) is 0 Å². The van der Waals surface area contributed by atoms with Gasteiger partial charge in [0.2, 0.25) is 5.91 Å². The quantitative estimate of drug-likeness (QED) is 0.784. The van der Waals surface area contributed by atoms with Gasteiger partial charge in [0.15, 0.2) is 0 Å². The molecule has 0 atom stereocenters. The Morgan fingerprint density at radius 2 is 1.61 bits per heavy atom. The zero-order chi connectivity index (χ0) is 12.8. The van der Waals surface area contributed by atoms with Gasteiger partial charge in [-0.25, -0.2) is 0 Å². The lowest BCUT2D eigenvalue weighted by molar-refractivity contribution is -0.126. The molecule has 1 aromatic rings. The van der Waals surface area contributed by atoms with Gasteiger partial charge in [-0.15, -0.1) is 0 Å². The van der Waals surface area contributed by atoms with Crippen molar-refractivity contribution in [2.24, 2.45) is 5.92 Å². The van der Waals surface area contributed by atoms with E-state index in [1.807, 2.05) is 6.07 Å². The standard InChI is InChI=1S/C14H18N2O2/c17-13(11-7-3-1-4-8-11)15-16-14(18)12-9-5-2-6-10-12/h1,3-4,7-8,12H,2,5-6,9-10H2,(H,15,17)(H,16,18). The van der Waals surface area contributed by atoms with Crippen molar-refractivity contribution in [1.29, 1.82) is 0 Å². The molecule has 1 saturated carbocycles. The normalized spacial score (nSPS) is 16.0. The largest absolute Gasteiger partial charge is 0.273 e. The highest BCUT2D eigenvalue weighted by atomic mass is 16.2. The van der Waals surface area contributed by atoms with Crippen LogP contribution in [0.3, 0.4) is 0 Å². The molecule has 2 amide bonds. The minimum atomic E-state index is -0.278. The monoisotopic (exact) mass is 246 g/mol. The highest BCUT2D eigenvalue weighted by Crippen LogP contribution is 2.23. The third-order valence-electron chi connectivity index (χ3n) is 3.31. The summed E-state index contributed by atoms with van der Waals surface area (Å²) in [4.78, 5) is 23.5. The molecule has 0 saturated heterocycles. The molecule has 1 aromatic carbocycles. The van der Waals surface area contributed by atoms with E-state index >= 15 is 0 Å². The van der Waals surface area contributed by atoms with E-state index in [0.29, 0.717) is 5.56 Å². The molecule has 0 aromatic heterocycles. The molecule has 0 radical (unpaired) electrons. The van der Waals surface area contributed by atoms with Gasteiger partial charge >= 0.3 is 0 Å². The molecule has 4 heteroatoms. The summed E-state index contributed by atoms with van der Waals surface area (Å²) < 4.78 is 0. The third-order valence-corrected chi connectivity index (χ3v) is 3.31. The first-order valence-electron chi connectivity index (χ1n) is 6.42. The van der Waals surface area contributed by atoms with E-state index in [1.54, 1.807) is 24.3 Å². The van der Waals surface area contributed by atoms with E-state index in [0.717, 1.165) is 25.7 Å². The van der Waals surface area contributed by atoms with E-state index in [9.17, 15) is 9.59 Å². The van der Waals surface area contributed by atoms with Gasteiger partial charge in [-0.05, 0) is 25.0 Å². The van der Waals surface area contributed by atoms with Gasteiger partial charge < -0.3 is 0 Å². The van der Waals surface area contributed by atoms with Gasteiger partial charge in [-0.1, -0.05) is 37.5 Å². The third kappa shape index (κ3) is 3.32. The van der Waals surface area contributed by atoms with Crippen molar-refractivity contribution in [3.8, 4) is 0 Å². The molecular formula is C14H18N2O2. The maximum atomic E-state index is 11.8. The van der Waals surface area contributed by atoms with E-state index in [2.05, 4.69) is 10.9 Å². The van der Waals surface area contributed by atoms with Crippen LogP contribution in [0, 0.1) is 5.92 Å². The fourth-order valence-corrected chi connectivity index (χ4v) is 2.25. The van der Waals surface area contributed by atoms with Crippen LogP contribution in [0.5, 0.6) is 0 Å². The fraction of sp³-hybridized carbons (Fsp3) is 0.429. The number of hydrazine groups is 1. The van der Waals surface area contributed by atoms with Crippen molar-refractivity contribution in [1.82, 2.24) is 10.9 Å². The Morgan fingerprint density at radius 3 is 2.28 bits per heavy atom. The van der Waals surface area contributed by atoms with Crippen LogP contribution in [-0.4, -0.2) is 11.8 Å². The lowest BCUT2D eigenvalue weighted by Crippen LogP contribution is -2.44. The Balaban J connectivity index is 1.80. The predicted molar refractivity (Wildman–Crippen MR) is 68.6 cm³/mol. The van der Waals surface area contributed by atoms with Gasteiger partial charge in [-0.2, -0.15) is 0 Å². The van der Waals surface area contributed by atoms with Crippen molar-refractivity contribution in [2.45, 2.75) is 32.1 Å². The fourth-order valence-electron chi connectivity index (χ4n) is 2.25. The van der Waals surface area contributed by atoms with Crippen LogP contribution in [-0.2, 0) is 4.79 Å². The lowest BCUT2D eigenvalue weighted by atomic mass is 9.89. The van der Waals surface area contributed by atoms with Crippen molar-refractivity contribution in [3.63, 3.8) is 0 Å². The summed E-state index contributed by atoms with van der Waals surface area (Å²) in [6.45, 7) is 0. The Bertz CT molecular complexity index is 411. The molecule has 4 nitrogen and oxygen atoms in total. The molecule has 18 heavy (non-hydrogen) atoms. The van der Waals surface area contributed by atoms with Crippen molar-refractivity contribution < 1.29 is 9.59 Å². The highest BCUT2D eigenvalue weighted by molar-refractivity contribution is 5.95. The number of amides is 2. The van der Waals surface area contributed by atoms with Crippen molar-refractivity contribution in [2.75, 3.05) is 0 Å². The Labute approximate surface area is 107 Å². The van der Waals surface area contributed by atoms with E-state index < -0.39 is 0 Å². The number of rotatable bonds is 2.